The molecule has 0 aromatic rings. The fourth-order valence-electron chi connectivity index (χ4n) is 0.814. The van der Waals surface area contributed by atoms with E-state index in [1.54, 1.807) is 13.8 Å². The molecule has 0 aliphatic carbocycles. The molecule has 0 heterocycles. The number of nitrogens with one attached hydrogen (secondary N) is 2. The number of carboxylic acid groups (broad SMARTS) is 1. The number of hydrogen-bond acceptors (Lipinski definition) is 2. The molecule has 0 spiro atoms. The number of hydrogen-bond donors (Lipinski definition) is 3. The molecule has 0 aliphatic rings. The highest BCUT2D eigenvalue weighted by molar-refractivity contribution is 5.86. The molecular weight excluding hydrogens is 241 g/mol. The zero-order valence-electron chi connectivity index (χ0n) is 9.68. The van der Waals surface area contributed by atoms with E-state index in [9.17, 15) is 22.8 Å². The highest BCUT2D eigenvalue weighted by Gasteiger charge is 2.58. The van der Waals surface area contributed by atoms with Crippen molar-refractivity contribution in [2.45, 2.75) is 32.5 Å². The number of amides is 2. The van der Waals surface area contributed by atoms with Crippen LogP contribution in [-0.4, -0.2) is 35.4 Å². The average Bonchev–Trinajstić information content (AvgIpc) is 2.12. The van der Waals surface area contributed by atoms with Crippen molar-refractivity contribution in [2.75, 3.05) is 6.54 Å². The van der Waals surface area contributed by atoms with E-state index in [2.05, 4.69) is 5.32 Å². The van der Waals surface area contributed by atoms with Crippen LogP contribution < -0.4 is 10.6 Å². The maximum Gasteiger partial charge on any atom is 0.422 e. The Balaban J connectivity index is 4.69. The molecule has 5 nitrogen and oxygen atoms in total. The Bertz CT molecular complexity index is 304. The standard InChI is InChI=1S/C9H15F3N2O3/c1-5(2)4-13-7(17)14-8(3,6(15)16)9(10,11)12/h5H,4H2,1-3H3,(H,15,16)(H2,13,14,17). The number of alkyl halides is 3. The van der Waals surface area contributed by atoms with Crippen LogP contribution in [0.5, 0.6) is 0 Å². The highest BCUT2D eigenvalue weighted by atomic mass is 19.4. The van der Waals surface area contributed by atoms with Crippen LogP contribution in [0.3, 0.4) is 0 Å². The van der Waals surface area contributed by atoms with Gasteiger partial charge in [-0.05, 0) is 12.8 Å². The lowest BCUT2D eigenvalue weighted by atomic mass is 10.0. The maximum atomic E-state index is 12.5. The van der Waals surface area contributed by atoms with Crippen molar-refractivity contribution < 1.29 is 27.9 Å². The van der Waals surface area contributed by atoms with Gasteiger partial charge in [-0.1, -0.05) is 13.8 Å². The lowest BCUT2D eigenvalue weighted by molar-refractivity contribution is -0.203. The quantitative estimate of drug-likeness (QED) is 0.710. The molecule has 0 aromatic heterocycles. The van der Waals surface area contributed by atoms with Gasteiger partial charge in [0.2, 0.25) is 5.54 Å². The van der Waals surface area contributed by atoms with Crippen LogP contribution in [0.25, 0.3) is 0 Å². The van der Waals surface area contributed by atoms with E-state index in [1.807, 2.05) is 0 Å². The van der Waals surface area contributed by atoms with E-state index in [1.165, 1.54) is 5.32 Å². The fraction of sp³-hybridized carbons (Fsp3) is 0.778. The molecule has 0 aromatic carbocycles. The van der Waals surface area contributed by atoms with Gasteiger partial charge >= 0.3 is 18.2 Å². The second kappa shape index (κ2) is 5.24. The summed E-state index contributed by atoms with van der Waals surface area (Å²) in [6.45, 7) is 4.05. The Hall–Kier alpha value is -1.47. The van der Waals surface area contributed by atoms with Gasteiger partial charge in [0.05, 0.1) is 0 Å². The Labute approximate surface area is 96.4 Å². The molecule has 8 heteroatoms. The summed E-state index contributed by atoms with van der Waals surface area (Å²) in [5.41, 5.74) is -3.30. The van der Waals surface area contributed by atoms with E-state index < -0.39 is 23.7 Å². The first kappa shape index (κ1) is 15.5. The van der Waals surface area contributed by atoms with Crippen LogP contribution in [0.4, 0.5) is 18.0 Å². The molecule has 2 amide bonds. The van der Waals surface area contributed by atoms with Crippen molar-refractivity contribution in [1.82, 2.24) is 10.6 Å². The van der Waals surface area contributed by atoms with Crippen LogP contribution in [0.15, 0.2) is 0 Å². The zero-order valence-corrected chi connectivity index (χ0v) is 9.68. The Morgan fingerprint density at radius 2 is 1.76 bits per heavy atom. The second-order valence-electron chi connectivity index (χ2n) is 4.16. The molecule has 0 saturated heterocycles. The second-order valence-corrected chi connectivity index (χ2v) is 4.16. The molecule has 3 N–H and O–H groups in total. The first-order valence-electron chi connectivity index (χ1n) is 4.87. The van der Waals surface area contributed by atoms with Gasteiger partial charge in [0.1, 0.15) is 0 Å². The summed E-state index contributed by atoms with van der Waals surface area (Å²) in [6.07, 6.45) is -5.08. The van der Waals surface area contributed by atoms with Crippen molar-refractivity contribution in [2.24, 2.45) is 5.92 Å². The molecule has 0 bridgehead atoms. The van der Waals surface area contributed by atoms with E-state index >= 15 is 0 Å². The van der Waals surface area contributed by atoms with Crippen molar-refractivity contribution in [3.05, 3.63) is 0 Å². The van der Waals surface area contributed by atoms with Crippen LogP contribution in [-0.2, 0) is 4.79 Å². The summed E-state index contributed by atoms with van der Waals surface area (Å²) >= 11 is 0. The Kier molecular flexibility index (Phi) is 4.79. The predicted octanol–water partition coefficient (Wildman–Crippen LogP) is 1.35. The van der Waals surface area contributed by atoms with Gasteiger partial charge in [0.25, 0.3) is 0 Å². The van der Waals surface area contributed by atoms with Crippen LogP contribution >= 0.6 is 0 Å². The van der Waals surface area contributed by atoms with Gasteiger partial charge in [0, 0.05) is 6.54 Å². The van der Waals surface area contributed by atoms with Crippen molar-refractivity contribution in [3.8, 4) is 0 Å². The Morgan fingerprint density at radius 1 is 1.29 bits per heavy atom. The van der Waals surface area contributed by atoms with Gasteiger partial charge in [0.15, 0.2) is 0 Å². The van der Waals surface area contributed by atoms with Crippen molar-refractivity contribution in [1.29, 1.82) is 0 Å². The molecule has 100 valence electrons. The molecule has 1 unspecified atom stereocenters. The number of carbonyl (C=O) groups excluding carboxylic acids is 1. The minimum atomic E-state index is -5.08. The summed E-state index contributed by atoms with van der Waals surface area (Å²) < 4.78 is 37.5. The number of rotatable bonds is 4. The molecule has 0 fully saturated rings. The molecule has 17 heavy (non-hydrogen) atoms. The highest BCUT2D eigenvalue weighted by Crippen LogP contribution is 2.30. The third-order valence-electron chi connectivity index (χ3n) is 2.03. The monoisotopic (exact) mass is 256 g/mol. The van der Waals surface area contributed by atoms with Crippen LogP contribution in [0.2, 0.25) is 0 Å². The van der Waals surface area contributed by atoms with Crippen molar-refractivity contribution >= 4 is 12.0 Å². The number of carbonyl (C=O) groups is 2. The normalized spacial score (nSPS) is 15.2. The molecule has 0 saturated carbocycles. The molecular formula is C9H15F3N2O3. The van der Waals surface area contributed by atoms with Crippen LogP contribution in [0.1, 0.15) is 20.8 Å². The minimum Gasteiger partial charge on any atom is -0.479 e. The van der Waals surface area contributed by atoms with Gasteiger partial charge in [-0.3, -0.25) is 0 Å². The Morgan fingerprint density at radius 3 is 2.06 bits per heavy atom. The third-order valence-corrected chi connectivity index (χ3v) is 2.03. The van der Waals surface area contributed by atoms with Gasteiger partial charge in [-0.15, -0.1) is 0 Å². The molecule has 0 radical (unpaired) electrons. The van der Waals surface area contributed by atoms with Gasteiger partial charge in [-0.2, -0.15) is 13.2 Å². The summed E-state index contributed by atoms with van der Waals surface area (Å²) in [7, 11) is 0. The number of carboxylic acids is 1. The minimum absolute atomic E-state index is 0.0442. The van der Waals surface area contributed by atoms with E-state index in [-0.39, 0.29) is 12.5 Å². The van der Waals surface area contributed by atoms with E-state index in [4.69, 9.17) is 5.11 Å². The fourth-order valence-corrected chi connectivity index (χ4v) is 0.814. The summed E-state index contributed by atoms with van der Waals surface area (Å²) in [5, 5.41) is 12.1. The van der Waals surface area contributed by atoms with Gasteiger partial charge in [-0.25, -0.2) is 9.59 Å². The van der Waals surface area contributed by atoms with Crippen molar-refractivity contribution in [3.63, 3.8) is 0 Å². The van der Waals surface area contributed by atoms with Gasteiger partial charge < -0.3 is 15.7 Å². The topological polar surface area (TPSA) is 78.4 Å². The molecule has 0 aliphatic heterocycles. The lowest BCUT2D eigenvalue weighted by Crippen LogP contribution is -2.63. The van der Waals surface area contributed by atoms with E-state index in [0.29, 0.717) is 6.92 Å². The lowest BCUT2D eigenvalue weighted by Gasteiger charge is -2.28. The molecule has 1 atom stereocenters. The number of urea groups is 1. The summed E-state index contributed by atoms with van der Waals surface area (Å²) in [6, 6.07) is -1.17. The molecule has 0 rings (SSSR count). The average molecular weight is 256 g/mol. The van der Waals surface area contributed by atoms with E-state index in [0.717, 1.165) is 0 Å². The first-order chi connectivity index (χ1) is 7.50. The maximum absolute atomic E-state index is 12.5. The summed E-state index contributed by atoms with van der Waals surface area (Å²) in [4.78, 5) is 21.7. The van der Waals surface area contributed by atoms with Crippen LogP contribution in [0, 0.1) is 5.92 Å². The predicted molar refractivity (Wildman–Crippen MR) is 53.5 cm³/mol. The number of aliphatic carboxylic acids is 1. The SMILES string of the molecule is CC(C)CNC(=O)NC(C)(C(=O)O)C(F)(F)F. The largest absolute Gasteiger partial charge is 0.479 e. The first-order valence-corrected chi connectivity index (χ1v) is 4.87. The third kappa shape index (κ3) is 4.12. The number of halogens is 3. The smallest absolute Gasteiger partial charge is 0.422 e. The summed E-state index contributed by atoms with van der Waals surface area (Å²) in [5.74, 6) is -2.12. The zero-order chi connectivity index (χ0) is 13.9.